The number of H-pyrrole nitrogens is 4. The number of rotatable bonds is 2. The topological polar surface area (TPSA) is 149 Å². The third kappa shape index (κ3) is 4.07. The highest BCUT2D eigenvalue weighted by molar-refractivity contribution is 6.35. The first kappa shape index (κ1) is 21.6. The van der Waals surface area contributed by atoms with Crippen LogP contribution >= 0.6 is 23.2 Å². The fraction of sp³-hybridized carbons (Fsp3) is 0. The summed E-state index contributed by atoms with van der Waals surface area (Å²) in [6, 6.07) is 19.0. The van der Waals surface area contributed by atoms with Crippen molar-refractivity contribution in [2.45, 2.75) is 0 Å². The van der Waals surface area contributed by atoms with E-state index in [1.54, 1.807) is 0 Å². The molecule has 168 valence electrons. The maximum Gasteiger partial charge on any atom is 0.326 e. The molecule has 0 aliphatic rings. The minimum atomic E-state index is -0.541. The quantitative estimate of drug-likeness (QED) is 0.212. The molecule has 2 aromatic carbocycles. The van der Waals surface area contributed by atoms with Gasteiger partial charge >= 0.3 is 5.69 Å². The van der Waals surface area contributed by atoms with Gasteiger partial charge in [-0.25, -0.2) is 14.8 Å². The molecule has 4 N–H and O–H groups in total. The van der Waals surface area contributed by atoms with Crippen LogP contribution in [0.1, 0.15) is 0 Å². The van der Waals surface area contributed by atoms with Gasteiger partial charge < -0.3 is 4.98 Å². The van der Waals surface area contributed by atoms with Crippen LogP contribution in [0.15, 0.2) is 70.3 Å². The summed E-state index contributed by atoms with van der Waals surface area (Å²) in [5.74, 6) is 0. The summed E-state index contributed by atoms with van der Waals surface area (Å²) in [7, 11) is 0. The first-order valence-electron chi connectivity index (χ1n) is 9.90. The van der Waals surface area contributed by atoms with Crippen LogP contribution in [-0.2, 0) is 0 Å². The summed E-state index contributed by atoms with van der Waals surface area (Å²) in [6.45, 7) is 0. The maximum atomic E-state index is 11.5. The van der Waals surface area contributed by atoms with Crippen molar-refractivity contribution in [3.05, 3.63) is 91.9 Å². The van der Waals surface area contributed by atoms with Gasteiger partial charge in [0.1, 0.15) is 33.5 Å². The van der Waals surface area contributed by atoms with Crippen molar-refractivity contribution in [3.63, 3.8) is 0 Å². The average molecular weight is 493 g/mol. The fourth-order valence-electron chi connectivity index (χ4n) is 3.38. The van der Waals surface area contributed by atoms with E-state index in [9.17, 15) is 9.59 Å². The molecule has 0 aliphatic carbocycles. The Bertz CT molecular complexity index is 1720. The summed E-state index contributed by atoms with van der Waals surface area (Å²) < 4.78 is 0. The Kier molecular flexibility index (Phi) is 5.66. The highest BCUT2D eigenvalue weighted by Crippen LogP contribution is 2.28. The molecule has 0 unspecified atom stereocenters. The molecule has 0 spiro atoms. The summed E-state index contributed by atoms with van der Waals surface area (Å²) >= 11 is 11.7. The SMILES string of the molecule is Clc1nc(Cl)c2[nH]nc(-c3ccccc3)c2n1.O=c1[nH]c(=O)c2[nH]nc(-c3ccccc3)c2[nH]1. The molecular weight excluding hydrogens is 479 g/mol. The van der Waals surface area contributed by atoms with E-state index in [0.717, 1.165) is 11.1 Å². The minimum Gasteiger partial charge on any atom is -0.304 e. The first-order chi connectivity index (χ1) is 16.5. The van der Waals surface area contributed by atoms with E-state index in [1.165, 1.54) is 0 Å². The average Bonchev–Trinajstić information content (AvgIpc) is 3.45. The molecule has 6 rings (SSSR count). The normalized spacial score (nSPS) is 10.9. The van der Waals surface area contributed by atoms with E-state index in [-0.39, 0.29) is 16.0 Å². The molecule has 12 heteroatoms. The second-order valence-corrected chi connectivity index (χ2v) is 7.74. The minimum absolute atomic E-state index is 0.112. The lowest BCUT2D eigenvalue weighted by Crippen LogP contribution is -2.21. The van der Waals surface area contributed by atoms with Gasteiger partial charge in [0.15, 0.2) is 5.15 Å². The predicted octanol–water partition coefficient (Wildman–Crippen LogP) is 3.93. The zero-order chi connectivity index (χ0) is 23.7. The Morgan fingerprint density at radius 2 is 1.24 bits per heavy atom. The third-order valence-corrected chi connectivity index (χ3v) is 5.34. The van der Waals surface area contributed by atoms with Crippen molar-refractivity contribution in [1.82, 2.24) is 40.3 Å². The van der Waals surface area contributed by atoms with E-state index < -0.39 is 11.2 Å². The number of benzene rings is 2. The summed E-state index contributed by atoms with van der Waals surface area (Å²) in [4.78, 5) is 35.4. The van der Waals surface area contributed by atoms with Gasteiger partial charge in [0.05, 0.1) is 0 Å². The van der Waals surface area contributed by atoms with E-state index in [0.29, 0.717) is 27.9 Å². The molecule has 0 saturated carbocycles. The standard InChI is InChI=1S/C11H6Cl2N4.C11H8N4O2/c12-10-9-8(14-11(13)15-10)7(16-17-9)6-4-2-1-3-5-6;16-10-9-8(12-11(17)13-10)7(14-15-9)6-4-2-1-3-5-6/h1-5H,(H,16,17);1-5H,(H,14,15)(H2,12,13,16,17). The molecule has 0 aliphatic heterocycles. The lowest BCUT2D eigenvalue weighted by atomic mass is 10.1. The van der Waals surface area contributed by atoms with Crippen molar-refractivity contribution in [2.24, 2.45) is 0 Å². The predicted molar refractivity (Wildman–Crippen MR) is 130 cm³/mol. The van der Waals surface area contributed by atoms with Crippen LogP contribution < -0.4 is 11.2 Å². The van der Waals surface area contributed by atoms with Gasteiger partial charge in [0.25, 0.3) is 5.56 Å². The number of hydrogen-bond acceptors (Lipinski definition) is 6. The lowest BCUT2D eigenvalue weighted by Gasteiger charge is -1.97. The molecule has 6 aromatic rings. The second-order valence-electron chi connectivity index (χ2n) is 7.04. The van der Waals surface area contributed by atoms with Crippen molar-refractivity contribution in [1.29, 1.82) is 0 Å². The molecule has 0 amide bonds. The number of nitrogens with zero attached hydrogens (tertiary/aromatic N) is 4. The van der Waals surface area contributed by atoms with Crippen molar-refractivity contribution >= 4 is 45.3 Å². The Morgan fingerprint density at radius 3 is 1.91 bits per heavy atom. The fourth-order valence-corrected chi connectivity index (χ4v) is 3.81. The molecule has 0 radical (unpaired) electrons. The van der Waals surface area contributed by atoms with E-state index in [2.05, 4.69) is 40.3 Å². The third-order valence-electron chi connectivity index (χ3n) is 4.89. The smallest absolute Gasteiger partial charge is 0.304 e. The highest BCUT2D eigenvalue weighted by atomic mass is 35.5. The molecule has 0 atom stereocenters. The van der Waals surface area contributed by atoms with Gasteiger partial charge in [-0.1, -0.05) is 72.3 Å². The van der Waals surface area contributed by atoms with Crippen LogP contribution in [0.25, 0.3) is 44.6 Å². The summed E-state index contributed by atoms with van der Waals surface area (Å²) in [5, 5.41) is 14.1. The summed E-state index contributed by atoms with van der Waals surface area (Å²) in [6.07, 6.45) is 0. The van der Waals surface area contributed by atoms with Crippen LogP contribution in [-0.4, -0.2) is 40.3 Å². The first-order valence-corrected chi connectivity index (χ1v) is 10.7. The Morgan fingerprint density at radius 1 is 0.647 bits per heavy atom. The zero-order valence-corrected chi connectivity index (χ0v) is 18.6. The van der Waals surface area contributed by atoms with Crippen molar-refractivity contribution in [3.8, 4) is 22.5 Å². The Balaban J connectivity index is 0.000000142. The number of hydrogen-bond donors (Lipinski definition) is 4. The monoisotopic (exact) mass is 492 g/mol. The molecule has 0 saturated heterocycles. The van der Waals surface area contributed by atoms with Crippen LogP contribution in [0.2, 0.25) is 10.4 Å². The van der Waals surface area contributed by atoms with Gasteiger partial charge in [-0.05, 0) is 11.6 Å². The van der Waals surface area contributed by atoms with Crippen LogP contribution in [0, 0.1) is 0 Å². The Labute approximate surface area is 200 Å². The van der Waals surface area contributed by atoms with Gasteiger partial charge in [-0.2, -0.15) is 10.2 Å². The largest absolute Gasteiger partial charge is 0.326 e. The molecule has 10 nitrogen and oxygen atoms in total. The van der Waals surface area contributed by atoms with Crippen LogP contribution in [0.3, 0.4) is 0 Å². The molecule has 4 aromatic heterocycles. The molecule has 0 fully saturated rings. The zero-order valence-electron chi connectivity index (χ0n) is 17.1. The van der Waals surface area contributed by atoms with Gasteiger partial charge in [-0.3, -0.25) is 20.0 Å². The maximum absolute atomic E-state index is 11.5. The molecular formula is C22H14Cl2N8O2. The number of nitrogens with one attached hydrogen (secondary N) is 4. The van der Waals surface area contributed by atoms with Gasteiger partial charge in [0.2, 0.25) is 5.28 Å². The second kappa shape index (κ2) is 8.93. The Hall–Kier alpha value is -4.28. The van der Waals surface area contributed by atoms with Crippen molar-refractivity contribution < 1.29 is 0 Å². The lowest BCUT2D eigenvalue weighted by molar-refractivity contribution is 1.06. The number of halogens is 2. The number of aromatic amines is 4. The van der Waals surface area contributed by atoms with Crippen LogP contribution in [0.5, 0.6) is 0 Å². The van der Waals surface area contributed by atoms with Crippen molar-refractivity contribution in [2.75, 3.05) is 0 Å². The molecule has 4 heterocycles. The summed E-state index contributed by atoms with van der Waals surface area (Å²) in [5.41, 5.74) is 3.95. The van der Waals surface area contributed by atoms with E-state index in [4.69, 9.17) is 23.2 Å². The number of fused-ring (bicyclic) bond motifs is 2. The van der Waals surface area contributed by atoms with E-state index >= 15 is 0 Å². The van der Waals surface area contributed by atoms with Gasteiger partial charge in [-0.15, -0.1) is 0 Å². The molecule has 34 heavy (non-hydrogen) atoms. The number of aromatic nitrogens is 8. The van der Waals surface area contributed by atoms with E-state index in [1.807, 2.05) is 60.7 Å². The van der Waals surface area contributed by atoms with Gasteiger partial charge in [0, 0.05) is 11.1 Å². The van der Waals surface area contributed by atoms with Crippen LogP contribution in [0.4, 0.5) is 0 Å². The molecule has 0 bridgehead atoms. The highest BCUT2D eigenvalue weighted by Gasteiger charge is 2.14.